The first-order chi connectivity index (χ1) is 18.4. The lowest BCUT2D eigenvalue weighted by Crippen LogP contribution is -2.59. The van der Waals surface area contributed by atoms with Crippen molar-refractivity contribution in [2.24, 2.45) is 0 Å². The Kier molecular flexibility index (Phi) is 7.20. The standard InChI is InChI=1S/C29H29FN4O4/c1-20-7-2-3-11-24(20)28(37)34-25(26(35)32-18-23-10-4-5-14-31-23)19-38-29(34)12-15-33(16-13-29)27(36)21-8-6-9-22(30)17-21/h2-11,14,17,25H,12-13,15-16,18-19H2,1H3,(H,32,35)/t25-/m1/s1. The molecule has 0 radical (unpaired) electrons. The Balaban J connectivity index is 1.37. The Morgan fingerprint density at radius 2 is 1.79 bits per heavy atom. The van der Waals surface area contributed by atoms with Crippen LogP contribution in [0.3, 0.4) is 0 Å². The molecule has 1 atom stereocenters. The summed E-state index contributed by atoms with van der Waals surface area (Å²) in [5.41, 5.74) is 1.23. The number of aromatic nitrogens is 1. The van der Waals surface area contributed by atoms with Crippen molar-refractivity contribution in [2.75, 3.05) is 19.7 Å². The largest absolute Gasteiger partial charge is 0.353 e. The zero-order valence-electron chi connectivity index (χ0n) is 21.1. The Morgan fingerprint density at radius 1 is 1.03 bits per heavy atom. The summed E-state index contributed by atoms with van der Waals surface area (Å²) in [5.74, 6) is -1.37. The van der Waals surface area contributed by atoms with Gasteiger partial charge in [0.1, 0.15) is 17.6 Å². The number of hydrogen-bond acceptors (Lipinski definition) is 5. The molecule has 0 unspecified atom stereocenters. The molecule has 3 aromatic rings. The van der Waals surface area contributed by atoms with Crippen LogP contribution in [0.2, 0.25) is 0 Å². The fraction of sp³-hybridized carbons (Fsp3) is 0.310. The summed E-state index contributed by atoms with van der Waals surface area (Å²) in [5, 5.41) is 2.89. The number of nitrogens with one attached hydrogen (secondary N) is 1. The summed E-state index contributed by atoms with van der Waals surface area (Å²) in [6, 6.07) is 17.5. The zero-order chi connectivity index (χ0) is 26.7. The molecule has 0 aliphatic carbocycles. The van der Waals surface area contributed by atoms with E-state index in [1.54, 1.807) is 40.3 Å². The number of hydrogen-bond donors (Lipinski definition) is 1. The van der Waals surface area contributed by atoms with Gasteiger partial charge in [-0.2, -0.15) is 0 Å². The lowest BCUT2D eigenvalue weighted by molar-refractivity contribution is -0.128. The van der Waals surface area contributed by atoms with E-state index in [9.17, 15) is 18.8 Å². The third-order valence-corrected chi connectivity index (χ3v) is 7.23. The number of carbonyl (C=O) groups excluding carboxylic acids is 3. The van der Waals surface area contributed by atoms with Crippen LogP contribution in [0.5, 0.6) is 0 Å². The molecule has 196 valence electrons. The minimum Gasteiger partial charge on any atom is -0.353 e. The normalized spacial score (nSPS) is 18.4. The first kappa shape index (κ1) is 25.5. The van der Waals surface area contributed by atoms with Crippen molar-refractivity contribution in [2.45, 2.75) is 38.1 Å². The molecule has 3 amide bonds. The number of aryl methyl sites for hydroxylation is 1. The van der Waals surface area contributed by atoms with Crippen LogP contribution in [-0.4, -0.2) is 64.0 Å². The molecule has 0 bridgehead atoms. The minimum atomic E-state index is -1.04. The van der Waals surface area contributed by atoms with Crippen molar-refractivity contribution in [1.29, 1.82) is 0 Å². The third-order valence-electron chi connectivity index (χ3n) is 7.23. The van der Waals surface area contributed by atoms with Gasteiger partial charge >= 0.3 is 0 Å². The number of halogens is 1. The number of pyridine rings is 1. The molecule has 1 spiro atoms. The van der Waals surface area contributed by atoms with E-state index in [0.29, 0.717) is 37.2 Å². The molecule has 0 saturated carbocycles. The van der Waals surface area contributed by atoms with Crippen LogP contribution in [0.1, 0.15) is 44.8 Å². The maximum absolute atomic E-state index is 13.9. The van der Waals surface area contributed by atoms with Crippen LogP contribution >= 0.6 is 0 Å². The van der Waals surface area contributed by atoms with E-state index in [-0.39, 0.29) is 36.4 Å². The van der Waals surface area contributed by atoms with Crippen molar-refractivity contribution in [3.63, 3.8) is 0 Å². The van der Waals surface area contributed by atoms with E-state index >= 15 is 0 Å². The fourth-order valence-electron chi connectivity index (χ4n) is 5.17. The molecule has 38 heavy (non-hydrogen) atoms. The Morgan fingerprint density at radius 3 is 2.50 bits per heavy atom. The van der Waals surface area contributed by atoms with Crippen LogP contribution in [-0.2, 0) is 16.1 Å². The molecule has 9 heteroatoms. The quantitative estimate of drug-likeness (QED) is 0.562. The molecule has 3 heterocycles. The number of amides is 3. The van der Waals surface area contributed by atoms with E-state index in [0.717, 1.165) is 5.56 Å². The Bertz CT molecular complexity index is 1340. The molecule has 1 aromatic heterocycles. The SMILES string of the molecule is Cc1ccccc1C(=O)N1[C@@H](C(=O)NCc2ccccn2)COC12CCN(C(=O)c1cccc(F)c1)CC2. The number of carbonyl (C=O) groups is 3. The summed E-state index contributed by atoms with van der Waals surface area (Å²) >= 11 is 0. The van der Waals surface area contributed by atoms with Crippen molar-refractivity contribution >= 4 is 17.7 Å². The summed E-state index contributed by atoms with van der Waals surface area (Å²) in [6.45, 7) is 2.73. The monoisotopic (exact) mass is 516 g/mol. The zero-order valence-corrected chi connectivity index (χ0v) is 21.1. The highest BCUT2D eigenvalue weighted by Crippen LogP contribution is 2.39. The molecular weight excluding hydrogens is 487 g/mol. The second-order valence-corrected chi connectivity index (χ2v) is 9.60. The van der Waals surface area contributed by atoms with Gasteiger partial charge < -0.3 is 15.0 Å². The third kappa shape index (κ3) is 5.02. The highest BCUT2D eigenvalue weighted by atomic mass is 19.1. The van der Waals surface area contributed by atoms with Gasteiger partial charge in [0.15, 0.2) is 0 Å². The van der Waals surface area contributed by atoms with E-state index in [1.807, 2.05) is 31.2 Å². The van der Waals surface area contributed by atoms with Gasteiger partial charge in [-0.1, -0.05) is 30.3 Å². The van der Waals surface area contributed by atoms with E-state index < -0.39 is 17.6 Å². The summed E-state index contributed by atoms with van der Waals surface area (Å²) < 4.78 is 19.9. The van der Waals surface area contributed by atoms with Gasteiger partial charge in [0.05, 0.1) is 18.8 Å². The van der Waals surface area contributed by atoms with Crippen molar-refractivity contribution in [3.05, 3.63) is 101 Å². The molecule has 2 fully saturated rings. The second kappa shape index (κ2) is 10.7. The molecule has 5 rings (SSSR count). The van der Waals surface area contributed by atoms with Gasteiger partial charge in [0.2, 0.25) is 5.91 Å². The predicted octanol–water partition coefficient (Wildman–Crippen LogP) is 3.32. The minimum absolute atomic E-state index is 0.0452. The summed E-state index contributed by atoms with van der Waals surface area (Å²) in [7, 11) is 0. The van der Waals surface area contributed by atoms with Crippen molar-refractivity contribution in [3.8, 4) is 0 Å². The Labute approximate surface area is 220 Å². The van der Waals surface area contributed by atoms with Gasteiger partial charge in [-0.3, -0.25) is 24.3 Å². The van der Waals surface area contributed by atoms with E-state index in [4.69, 9.17) is 4.74 Å². The van der Waals surface area contributed by atoms with Gasteiger partial charge in [0.25, 0.3) is 11.8 Å². The maximum Gasteiger partial charge on any atom is 0.257 e. The maximum atomic E-state index is 13.9. The average Bonchev–Trinajstić information content (AvgIpc) is 3.30. The van der Waals surface area contributed by atoms with Crippen LogP contribution in [0.25, 0.3) is 0 Å². The summed E-state index contributed by atoms with van der Waals surface area (Å²) in [6.07, 6.45) is 2.31. The lowest BCUT2D eigenvalue weighted by atomic mass is 9.95. The van der Waals surface area contributed by atoms with Gasteiger partial charge in [-0.25, -0.2) is 4.39 Å². The predicted molar refractivity (Wildman–Crippen MR) is 137 cm³/mol. The van der Waals surface area contributed by atoms with Crippen molar-refractivity contribution in [1.82, 2.24) is 20.1 Å². The number of ether oxygens (including phenoxy) is 1. The van der Waals surface area contributed by atoms with Gasteiger partial charge in [0, 0.05) is 43.3 Å². The molecule has 2 aromatic carbocycles. The second-order valence-electron chi connectivity index (χ2n) is 9.60. The number of nitrogens with zero attached hydrogens (tertiary/aromatic N) is 3. The van der Waals surface area contributed by atoms with Crippen molar-refractivity contribution < 1.29 is 23.5 Å². The average molecular weight is 517 g/mol. The molecule has 1 N–H and O–H groups in total. The highest BCUT2D eigenvalue weighted by Gasteiger charge is 2.54. The van der Waals surface area contributed by atoms with Gasteiger partial charge in [-0.15, -0.1) is 0 Å². The van der Waals surface area contributed by atoms with Crippen LogP contribution in [0, 0.1) is 12.7 Å². The fourth-order valence-corrected chi connectivity index (χ4v) is 5.17. The number of rotatable bonds is 5. The van der Waals surface area contributed by atoms with Crippen LogP contribution in [0.15, 0.2) is 72.9 Å². The first-order valence-electron chi connectivity index (χ1n) is 12.6. The molecule has 2 aliphatic heterocycles. The van der Waals surface area contributed by atoms with E-state index in [1.165, 1.54) is 18.2 Å². The number of likely N-dealkylation sites (tertiary alicyclic amines) is 1. The molecular formula is C29H29FN4O4. The smallest absolute Gasteiger partial charge is 0.257 e. The van der Waals surface area contributed by atoms with E-state index in [2.05, 4.69) is 10.3 Å². The summed E-state index contributed by atoms with van der Waals surface area (Å²) in [4.78, 5) is 47.7. The highest BCUT2D eigenvalue weighted by molar-refractivity contribution is 5.99. The first-order valence-corrected chi connectivity index (χ1v) is 12.6. The lowest BCUT2D eigenvalue weighted by Gasteiger charge is -2.44. The number of piperidine rings is 1. The van der Waals surface area contributed by atoms with Gasteiger partial charge in [-0.05, 0) is 48.9 Å². The molecule has 2 saturated heterocycles. The van der Waals surface area contributed by atoms with Crippen LogP contribution < -0.4 is 5.32 Å². The topological polar surface area (TPSA) is 91.8 Å². The van der Waals surface area contributed by atoms with Crippen LogP contribution in [0.4, 0.5) is 4.39 Å². The molecule has 2 aliphatic rings. The number of benzene rings is 2. The molecule has 8 nitrogen and oxygen atoms in total. The Hall–Kier alpha value is -4.11.